The van der Waals surface area contributed by atoms with Crippen molar-refractivity contribution in [1.29, 1.82) is 0 Å². The van der Waals surface area contributed by atoms with Gasteiger partial charge in [-0.25, -0.2) is 0 Å². The van der Waals surface area contributed by atoms with E-state index in [9.17, 15) is 4.79 Å². The Hall–Kier alpha value is -0.570. The molecule has 2 aliphatic rings. The van der Waals surface area contributed by atoms with Crippen molar-refractivity contribution < 1.29 is 4.79 Å². The molecule has 3 heteroatoms. The third-order valence-corrected chi connectivity index (χ3v) is 4.03. The summed E-state index contributed by atoms with van der Waals surface area (Å²) < 4.78 is 0. The minimum Gasteiger partial charge on any atom is -0.342 e. The molecule has 3 nitrogen and oxygen atoms in total. The highest BCUT2D eigenvalue weighted by molar-refractivity contribution is 5.79. The lowest BCUT2D eigenvalue weighted by Gasteiger charge is -2.33. The monoisotopic (exact) mass is 210 g/mol. The summed E-state index contributed by atoms with van der Waals surface area (Å²) in [6, 6.07) is 0.315. The molecule has 0 aromatic heterocycles. The third-order valence-electron chi connectivity index (χ3n) is 4.03. The van der Waals surface area contributed by atoms with Crippen molar-refractivity contribution in [3.05, 3.63) is 0 Å². The summed E-state index contributed by atoms with van der Waals surface area (Å²) >= 11 is 0. The van der Waals surface area contributed by atoms with E-state index in [2.05, 4.69) is 6.92 Å². The smallest absolute Gasteiger partial charge is 0.225 e. The fourth-order valence-electron chi connectivity index (χ4n) is 2.87. The van der Waals surface area contributed by atoms with Gasteiger partial charge >= 0.3 is 0 Å². The molecule has 2 atom stereocenters. The number of nitrogens with zero attached hydrogens (tertiary/aromatic N) is 1. The van der Waals surface area contributed by atoms with E-state index in [1.807, 2.05) is 4.90 Å². The number of carbonyl (C=O) groups is 1. The Morgan fingerprint density at radius 3 is 2.40 bits per heavy atom. The second kappa shape index (κ2) is 4.52. The largest absolute Gasteiger partial charge is 0.342 e. The molecule has 0 spiro atoms. The molecule has 2 fully saturated rings. The molecular formula is C12H22N2O. The maximum Gasteiger partial charge on any atom is 0.225 e. The summed E-state index contributed by atoms with van der Waals surface area (Å²) in [4.78, 5) is 14.2. The van der Waals surface area contributed by atoms with Gasteiger partial charge in [0.15, 0.2) is 0 Å². The van der Waals surface area contributed by atoms with Crippen molar-refractivity contribution >= 4 is 5.91 Å². The molecule has 1 aliphatic carbocycles. The zero-order chi connectivity index (χ0) is 10.8. The molecule has 2 N–H and O–H groups in total. The van der Waals surface area contributed by atoms with Crippen molar-refractivity contribution in [3.8, 4) is 0 Å². The second-order valence-electron chi connectivity index (χ2n) is 5.18. The van der Waals surface area contributed by atoms with Crippen LogP contribution in [0, 0.1) is 11.8 Å². The van der Waals surface area contributed by atoms with Crippen LogP contribution in [0.25, 0.3) is 0 Å². The van der Waals surface area contributed by atoms with Gasteiger partial charge in [-0.2, -0.15) is 0 Å². The van der Waals surface area contributed by atoms with E-state index in [0.29, 0.717) is 23.8 Å². The van der Waals surface area contributed by atoms with Crippen LogP contribution in [0.3, 0.4) is 0 Å². The summed E-state index contributed by atoms with van der Waals surface area (Å²) in [6.45, 7) is 3.97. The first-order chi connectivity index (χ1) is 7.18. The molecule has 2 unspecified atom stereocenters. The van der Waals surface area contributed by atoms with E-state index in [-0.39, 0.29) is 0 Å². The number of hydrogen-bond donors (Lipinski definition) is 1. The molecule has 1 aliphatic heterocycles. The van der Waals surface area contributed by atoms with Gasteiger partial charge in [0.05, 0.1) is 0 Å². The summed E-state index contributed by atoms with van der Waals surface area (Å²) in [6.07, 6.45) is 5.51. The lowest BCUT2D eigenvalue weighted by Crippen LogP contribution is -2.45. The first-order valence-electron chi connectivity index (χ1n) is 6.23. The highest BCUT2D eigenvalue weighted by Crippen LogP contribution is 2.33. The van der Waals surface area contributed by atoms with Gasteiger partial charge in [0.1, 0.15) is 0 Å². The van der Waals surface area contributed by atoms with Crippen molar-refractivity contribution in [2.45, 2.75) is 45.1 Å². The number of amides is 1. The average Bonchev–Trinajstić information content (AvgIpc) is 2.65. The topological polar surface area (TPSA) is 46.3 Å². The van der Waals surface area contributed by atoms with Gasteiger partial charge in [-0.3, -0.25) is 4.79 Å². The molecular weight excluding hydrogens is 188 g/mol. The van der Waals surface area contributed by atoms with E-state index in [4.69, 9.17) is 5.73 Å². The van der Waals surface area contributed by atoms with E-state index < -0.39 is 0 Å². The molecule has 1 saturated carbocycles. The van der Waals surface area contributed by atoms with E-state index in [0.717, 1.165) is 32.4 Å². The predicted octanol–water partition coefficient (Wildman–Crippen LogP) is 1.37. The van der Waals surface area contributed by atoms with Crippen LogP contribution in [0.4, 0.5) is 0 Å². The van der Waals surface area contributed by atoms with Crippen LogP contribution in [-0.2, 0) is 4.79 Å². The minimum atomic E-state index is 0.305. The number of hydrogen-bond acceptors (Lipinski definition) is 2. The van der Waals surface area contributed by atoms with Crippen molar-refractivity contribution in [3.63, 3.8) is 0 Å². The highest BCUT2D eigenvalue weighted by atomic mass is 16.2. The molecule has 0 aromatic carbocycles. The molecule has 2 rings (SSSR count). The Morgan fingerprint density at radius 2 is 1.87 bits per heavy atom. The van der Waals surface area contributed by atoms with Gasteiger partial charge in [0.2, 0.25) is 5.91 Å². The normalized spacial score (nSPS) is 33.3. The zero-order valence-corrected chi connectivity index (χ0v) is 9.61. The zero-order valence-electron chi connectivity index (χ0n) is 9.61. The molecule has 0 bridgehead atoms. The molecule has 1 heterocycles. The van der Waals surface area contributed by atoms with Crippen LogP contribution in [0.2, 0.25) is 0 Å². The average molecular weight is 210 g/mol. The number of rotatable bonds is 1. The Balaban J connectivity index is 1.90. The molecule has 0 radical (unpaired) electrons. The van der Waals surface area contributed by atoms with Gasteiger partial charge in [-0.15, -0.1) is 0 Å². The lowest BCUT2D eigenvalue weighted by atomic mass is 9.95. The maximum atomic E-state index is 12.2. The Labute approximate surface area is 92.0 Å². The number of nitrogens with two attached hydrogens (primary N) is 1. The summed E-state index contributed by atoms with van der Waals surface area (Å²) in [7, 11) is 0. The van der Waals surface area contributed by atoms with Crippen LogP contribution < -0.4 is 5.73 Å². The van der Waals surface area contributed by atoms with Crippen LogP contribution in [-0.4, -0.2) is 29.9 Å². The predicted molar refractivity (Wildman–Crippen MR) is 60.3 cm³/mol. The summed E-state index contributed by atoms with van der Waals surface area (Å²) in [5.41, 5.74) is 5.84. The number of carbonyl (C=O) groups excluding carboxylic acids is 1. The van der Waals surface area contributed by atoms with E-state index in [1.165, 1.54) is 12.8 Å². The van der Waals surface area contributed by atoms with Crippen LogP contribution in [0.1, 0.15) is 39.0 Å². The number of piperidine rings is 1. The molecule has 1 saturated heterocycles. The Bertz CT molecular complexity index is 234. The standard InChI is InChI=1S/C12H22N2O/c1-9-3-2-4-11(9)12(15)14-7-5-10(13)6-8-14/h9-11H,2-8,13H2,1H3. The SMILES string of the molecule is CC1CCCC1C(=O)N1CCC(N)CC1. The van der Waals surface area contributed by atoms with Gasteiger partial charge in [0.25, 0.3) is 0 Å². The number of likely N-dealkylation sites (tertiary alicyclic amines) is 1. The maximum absolute atomic E-state index is 12.2. The second-order valence-corrected chi connectivity index (χ2v) is 5.18. The van der Waals surface area contributed by atoms with Gasteiger partial charge < -0.3 is 10.6 Å². The molecule has 1 amide bonds. The lowest BCUT2D eigenvalue weighted by molar-refractivity contribution is -0.137. The van der Waals surface area contributed by atoms with Crippen LogP contribution >= 0.6 is 0 Å². The molecule has 0 aromatic rings. The van der Waals surface area contributed by atoms with E-state index >= 15 is 0 Å². The van der Waals surface area contributed by atoms with Crippen molar-refractivity contribution in [2.75, 3.05) is 13.1 Å². The van der Waals surface area contributed by atoms with E-state index in [1.54, 1.807) is 0 Å². The fourth-order valence-corrected chi connectivity index (χ4v) is 2.87. The minimum absolute atomic E-state index is 0.305. The fraction of sp³-hybridized carbons (Fsp3) is 0.917. The first kappa shape index (κ1) is 10.9. The van der Waals surface area contributed by atoms with Crippen LogP contribution in [0.5, 0.6) is 0 Å². The summed E-state index contributed by atoms with van der Waals surface area (Å²) in [5.74, 6) is 1.29. The van der Waals surface area contributed by atoms with Crippen molar-refractivity contribution in [2.24, 2.45) is 17.6 Å². The quantitative estimate of drug-likeness (QED) is 0.710. The molecule has 15 heavy (non-hydrogen) atoms. The van der Waals surface area contributed by atoms with Crippen molar-refractivity contribution in [1.82, 2.24) is 4.90 Å². The third kappa shape index (κ3) is 2.33. The van der Waals surface area contributed by atoms with Gasteiger partial charge in [-0.05, 0) is 31.6 Å². The summed E-state index contributed by atoms with van der Waals surface area (Å²) in [5, 5.41) is 0. The van der Waals surface area contributed by atoms with Crippen LogP contribution in [0.15, 0.2) is 0 Å². The first-order valence-corrected chi connectivity index (χ1v) is 6.23. The highest BCUT2D eigenvalue weighted by Gasteiger charge is 2.33. The molecule has 86 valence electrons. The Kier molecular flexibility index (Phi) is 3.29. The van der Waals surface area contributed by atoms with Gasteiger partial charge in [0, 0.05) is 25.0 Å². The van der Waals surface area contributed by atoms with Gasteiger partial charge in [-0.1, -0.05) is 13.3 Å². The Morgan fingerprint density at radius 1 is 1.20 bits per heavy atom.